The molecular weight excluding hydrogens is 176 g/mol. The Morgan fingerprint density at radius 2 is 2.07 bits per heavy atom. The summed E-state index contributed by atoms with van der Waals surface area (Å²) >= 11 is 0. The van der Waals surface area contributed by atoms with Crippen molar-refractivity contribution in [1.82, 2.24) is 4.57 Å². The smallest absolute Gasteiger partial charge is 0.248 e. The van der Waals surface area contributed by atoms with E-state index in [0.717, 1.165) is 10.9 Å². The number of carbonyl (C=O) groups excluding carboxylic acids is 1. The largest absolute Gasteiger partial charge is 0.366 e. The highest BCUT2D eigenvalue weighted by Crippen LogP contribution is 2.19. The minimum Gasteiger partial charge on any atom is -0.366 e. The lowest BCUT2D eigenvalue weighted by atomic mass is 10.1. The molecular formula is C11H12N2O. The Kier molecular flexibility index (Phi) is 1.81. The summed E-state index contributed by atoms with van der Waals surface area (Å²) in [6.45, 7) is 2.03. The van der Waals surface area contributed by atoms with Crippen LogP contribution in [0.3, 0.4) is 0 Å². The van der Waals surface area contributed by atoms with Gasteiger partial charge in [0.1, 0.15) is 0 Å². The zero-order valence-electron chi connectivity index (χ0n) is 8.24. The lowest BCUT2D eigenvalue weighted by Crippen LogP contribution is -2.10. The van der Waals surface area contributed by atoms with Gasteiger partial charge in [-0.2, -0.15) is 0 Å². The summed E-state index contributed by atoms with van der Waals surface area (Å²) in [5.41, 5.74) is 7.98. The Hall–Kier alpha value is -1.77. The van der Waals surface area contributed by atoms with Crippen molar-refractivity contribution in [3.05, 3.63) is 35.5 Å². The molecule has 0 saturated heterocycles. The third-order valence-electron chi connectivity index (χ3n) is 2.57. The van der Waals surface area contributed by atoms with Crippen molar-refractivity contribution in [1.29, 1.82) is 0 Å². The third kappa shape index (κ3) is 1.18. The minimum atomic E-state index is -0.384. The highest BCUT2D eigenvalue weighted by atomic mass is 16.1. The second kappa shape index (κ2) is 2.87. The summed E-state index contributed by atoms with van der Waals surface area (Å²) < 4.78 is 2.04. The van der Waals surface area contributed by atoms with Gasteiger partial charge in [0.25, 0.3) is 0 Å². The molecule has 1 aromatic heterocycles. The van der Waals surface area contributed by atoms with E-state index in [-0.39, 0.29) is 5.91 Å². The topological polar surface area (TPSA) is 48.0 Å². The van der Waals surface area contributed by atoms with Gasteiger partial charge in [-0.15, -0.1) is 0 Å². The summed E-state index contributed by atoms with van der Waals surface area (Å²) in [7, 11) is 1.97. The molecule has 2 rings (SSSR count). The van der Waals surface area contributed by atoms with E-state index >= 15 is 0 Å². The Bertz CT molecular complexity index is 511. The van der Waals surface area contributed by atoms with Crippen LogP contribution in [-0.2, 0) is 7.05 Å². The first-order chi connectivity index (χ1) is 6.59. The van der Waals surface area contributed by atoms with Crippen molar-refractivity contribution < 1.29 is 4.79 Å². The number of nitrogens with zero attached hydrogens (tertiary/aromatic N) is 1. The van der Waals surface area contributed by atoms with Gasteiger partial charge in [0.05, 0.1) is 0 Å². The number of amides is 1. The van der Waals surface area contributed by atoms with Crippen molar-refractivity contribution in [3.8, 4) is 0 Å². The molecule has 1 aromatic carbocycles. The molecule has 0 radical (unpaired) electrons. The Morgan fingerprint density at radius 1 is 1.36 bits per heavy atom. The first kappa shape index (κ1) is 8.81. The number of aryl methyl sites for hydroxylation is 2. The number of hydrogen-bond acceptors (Lipinski definition) is 1. The SMILES string of the molecule is Cc1cc2ccc(C(N)=O)cc2n1C. The van der Waals surface area contributed by atoms with E-state index in [9.17, 15) is 4.79 Å². The lowest BCUT2D eigenvalue weighted by Gasteiger charge is -2.00. The van der Waals surface area contributed by atoms with E-state index in [1.807, 2.05) is 30.7 Å². The third-order valence-corrected chi connectivity index (χ3v) is 2.57. The normalized spacial score (nSPS) is 10.7. The molecule has 0 aliphatic carbocycles. The molecule has 0 spiro atoms. The van der Waals surface area contributed by atoms with Gasteiger partial charge in [-0.05, 0) is 30.5 Å². The zero-order chi connectivity index (χ0) is 10.3. The second-order valence-electron chi connectivity index (χ2n) is 3.48. The average Bonchev–Trinajstić information content (AvgIpc) is 2.43. The van der Waals surface area contributed by atoms with Gasteiger partial charge in [0.15, 0.2) is 0 Å². The van der Waals surface area contributed by atoms with E-state index < -0.39 is 0 Å². The number of hydrogen-bond donors (Lipinski definition) is 1. The van der Waals surface area contributed by atoms with Gasteiger partial charge in [0, 0.05) is 23.8 Å². The molecule has 0 bridgehead atoms. The van der Waals surface area contributed by atoms with E-state index in [0.29, 0.717) is 5.56 Å². The van der Waals surface area contributed by atoms with Crippen LogP contribution < -0.4 is 5.73 Å². The van der Waals surface area contributed by atoms with Crippen LogP contribution in [0.25, 0.3) is 10.9 Å². The Morgan fingerprint density at radius 3 is 2.71 bits per heavy atom. The van der Waals surface area contributed by atoms with Crippen molar-refractivity contribution in [2.24, 2.45) is 12.8 Å². The van der Waals surface area contributed by atoms with E-state index in [1.165, 1.54) is 5.69 Å². The molecule has 0 atom stereocenters. The van der Waals surface area contributed by atoms with Gasteiger partial charge in [-0.1, -0.05) is 6.07 Å². The monoisotopic (exact) mass is 188 g/mol. The second-order valence-corrected chi connectivity index (χ2v) is 3.48. The van der Waals surface area contributed by atoms with Crippen LogP contribution in [-0.4, -0.2) is 10.5 Å². The molecule has 14 heavy (non-hydrogen) atoms. The summed E-state index contributed by atoms with van der Waals surface area (Å²) in [5, 5.41) is 1.13. The van der Waals surface area contributed by atoms with Gasteiger partial charge < -0.3 is 10.3 Å². The average molecular weight is 188 g/mol. The number of nitrogens with two attached hydrogens (primary N) is 1. The molecule has 3 nitrogen and oxygen atoms in total. The molecule has 0 aliphatic rings. The fraction of sp³-hybridized carbons (Fsp3) is 0.182. The minimum absolute atomic E-state index is 0.384. The highest BCUT2D eigenvalue weighted by Gasteiger charge is 2.05. The van der Waals surface area contributed by atoms with E-state index in [2.05, 4.69) is 6.07 Å². The summed E-state index contributed by atoms with van der Waals surface area (Å²) in [4.78, 5) is 11.0. The van der Waals surface area contributed by atoms with Crippen molar-refractivity contribution >= 4 is 16.8 Å². The van der Waals surface area contributed by atoms with Crippen molar-refractivity contribution in [2.75, 3.05) is 0 Å². The zero-order valence-corrected chi connectivity index (χ0v) is 8.24. The van der Waals surface area contributed by atoms with Gasteiger partial charge in [0.2, 0.25) is 5.91 Å². The van der Waals surface area contributed by atoms with Crippen LogP contribution in [0.4, 0.5) is 0 Å². The quantitative estimate of drug-likeness (QED) is 0.725. The molecule has 1 amide bonds. The number of fused-ring (bicyclic) bond motifs is 1. The summed E-state index contributed by atoms with van der Waals surface area (Å²) in [6, 6.07) is 7.58. The number of benzene rings is 1. The molecule has 1 heterocycles. The summed E-state index contributed by atoms with van der Waals surface area (Å²) in [5.74, 6) is -0.384. The predicted octanol–water partition coefficient (Wildman–Crippen LogP) is 1.59. The molecule has 0 fully saturated rings. The van der Waals surface area contributed by atoms with Gasteiger partial charge in [-0.3, -0.25) is 4.79 Å². The van der Waals surface area contributed by atoms with Crippen LogP contribution in [0.1, 0.15) is 16.1 Å². The molecule has 2 N–H and O–H groups in total. The van der Waals surface area contributed by atoms with Crippen LogP contribution >= 0.6 is 0 Å². The number of primary amides is 1. The molecule has 3 heteroatoms. The van der Waals surface area contributed by atoms with Crippen LogP contribution in [0.15, 0.2) is 24.3 Å². The molecule has 72 valence electrons. The maximum Gasteiger partial charge on any atom is 0.248 e. The van der Waals surface area contributed by atoms with Crippen molar-refractivity contribution in [2.45, 2.75) is 6.92 Å². The highest BCUT2D eigenvalue weighted by molar-refractivity contribution is 5.97. The first-order valence-corrected chi connectivity index (χ1v) is 4.45. The molecule has 2 aromatic rings. The number of rotatable bonds is 1. The lowest BCUT2D eigenvalue weighted by molar-refractivity contribution is 0.100. The fourth-order valence-corrected chi connectivity index (χ4v) is 1.62. The maximum absolute atomic E-state index is 11.0. The maximum atomic E-state index is 11.0. The fourth-order valence-electron chi connectivity index (χ4n) is 1.62. The van der Waals surface area contributed by atoms with Gasteiger partial charge in [-0.25, -0.2) is 0 Å². The van der Waals surface area contributed by atoms with Gasteiger partial charge >= 0.3 is 0 Å². The predicted molar refractivity (Wildman–Crippen MR) is 56.2 cm³/mol. The Balaban J connectivity index is 2.76. The first-order valence-electron chi connectivity index (χ1n) is 4.45. The van der Waals surface area contributed by atoms with Crippen LogP contribution in [0.5, 0.6) is 0 Å². The number of aromatic nitrogens is 1. The van der Waals surface area contributed by atoms with Crippen molar-refractivity contribution in [3.63, 3.8) is 0 Å². The van der Waals surface area contributed by atoms with Crippen LogP contribution in [0.2, 0.25) is 0 Å². The van der Waals surface area contributed by atoms with E-state index in [4.69, 9.17) is 5.73 Å². The van der Waals surface area contributed by atoms with Crippen LogP contribution in [0, 0.1) is 6.92 Å². The number of carbonyl (C=O) groups is 1. The molecule has 0 aliphatic heterocycles. The Labute approximate surface area is 82.1 Å². The summed E-state index contributed by atoms with van der Waals surface area (Å²) in [6.07, 6.45) is 0. The van der Waals surface area contributed by atoms with E-state index in [1.54, 1.807) is 6.07 Å². The molecule has 0 saturated carbocycles. The molecule has 0 unspecified atom stereocenters. The standard InChI is InChI=1S/C11H12N2O/c1-7-5-8-3-4-9(11(12)14)6-10(8)13(7)2/h3-6H,1-2H3,(H2,12,14).